The van der Waals surface area contributed by atoms with E-state index in [1.807, 2.05) is 0 Å². The maximum Gasteiger partial charge on any atom is 0.144 e. The third kappa shape index (κ3) is 6.94. The summed E-state index contributed by atoms with van der Waals surface area (Å²) >= 11 is 4.26. The molecule has 0 aromatic carbocycles. The minimum Gasteiger partial charge on any atom is -0.354 e. The van der Waals surface area contributed by atoms with Crippen LogP contribution in [0.15, 0.2) is 0 Å². The molecule has 0 rings (SSSR count). The van der Waals surface area contributed by atoms with Gasteiger partial charge in [-0.3, -0.25) is 0 Å². The zero-order valence-electron chi connectivity index (χ0n) is 11.1. The lowest BCUT2D eigenvalue weighted by molar-refractivity contribution is -0.182. The van der Waals surface area contributed by atoms with Gasteiger partial charge in [-0.05, 0) is 31.4 Å². The number of ether oxygens (including phenoxy) is 2. The van der Waals surface area contributed by atoms with Gasteiger partial charge in [0.25, 0.3) is 0 Å². The van der Waals surface area contributed by atoms with E-state index in [-0.39, 0.29) is 14.9 Å². The van der Waals surface area contributed by atoms with E-state index in [2.05, 4.69) is 33.4 Å². The number of rotatable bonds is 11. The second-order valence-corrected chi connectivity index (χ2v) is 6.87. The minimum atomic E-state index is -0.327. The van der Waals surface area contributed by atoms with Crippen LogP contribution in [0.3, 0.4) is 0 Å². The Morgan fingerprint density at radius 1 is 1.06 bits per heavy atom. The van der Waals surface area contributed by atoms with Gasteiger partial charge < -0.3 is 9.47 Å². The number of hydrogen-bond acceptors (Lipinski definition) is 3. The van der Waals surface area contributed by atoms with Crippen LogP contribution >= 0.6 is 12.6 Å². The molecule has 0 radical (unpaired) electrons. The molecule has 0 spiro atoms. The van der Waals surface area contributed by atoms with Crippen LogP contribution in [0.25, 0.3) is 0 Å². The van der Waals surface area contributed by atoms with Crippen LogP contribution in [-0.4, -0.2) is 33.9 Å². The van der Waals surface area contributed by atoms with E-state index < -0.39 is 0 Å². The predicted molar refractivity (Wildman–Crippen MR) is 77.3 cm³/mol. The Morgan fingerprint density at radius 3 is 2.00 bits per heavy atom. The van der Waals surface area contributed by atoms with Crippen molar-refractivity contribution < 1.29 is 9.47 Å². The van der Waals surface area contributed by atoms with Crippen molar-refractivity contribution in [3.05, 3.63) is 0 Å². The fourth-order valence-electron chi connectivity index (χ4n) is 1.65. The molecular formula is C12H28O2SSi. The van der Waals surface area contributed by atoms with E-state index in [0.29, 0.717) is 0 Å². The molecule has 0 atom stereocenters. The first-order valence-corrected chi connectivity index (χ1v) is 8.97. The quantitative estimate of drug-likeness (QED) is 0.268. The van der Waals surface area contributed by atoms with E-state index in [9.17, 15) is 0 Å². The average molecular weight is 265 g/mol. The highest BCUT2D eigenvalue weighted by Gasteiger charge is 2.28. The molecule has 0 saturated carbocycles. The van der Waals surface area contributed by atoms with Gasteiger partial charge in [0.05, 0.1) is 9.52 Å². The second kappa shape index (κ2) is 10.6. The van der Waals surface area contributed by atoms with Crippen LogP contribution in [0, 0.1) is 0 Å². The van der Waals surface area contributed by atoms with Crippen molar-refractivity contribution in [3.63, 3.8) is 0 Å². The van der Waals surface area contributed by atoms with Crippen LogP contribution < -0.4 is 0 Å². The van der Waals surface area contributed by atoms with Crippen LogP contribution in [0.1, 0.15) is 46.5 Å². The van der Waals surface area contributed by atoms with Gasteiger partial charge in [-0.1, -0.05) is 26.8 Å². The van der Waals surface area contributed by atoms with Crippen LogP contribution in [0.2, 0.25) is 6.04 Å². The highest BCUT2D eigenvalue weighted by molar-refractivity contribution is 7.80. The zero-order valence-corrected chi connectivity index (χ0v) is 13.4. The van der Waals surface area contributed by atoms with Crippen molar-refractivity contribution in [1.29, 1.82) is 0 Å². The molecule has 0 amide bonds. The van der Waals surface area contributed by atoms with Gasteiger partial charge in [0.1, 0.15) is 5.41 Å². The van der Waals surface area contributed by atoms with E-state index in [0.717, 1.165) is 38.2 Å². The normalized spacial score (nSPS) is 12.8. The SMILES string of the molecule is CCCOC(CC)(OCCC)[SiH2]CCCS. The first kappa shape index (κ1) is 16.5. The largest absolute Gasteiger partial charge is 0.354 e. The summed E-state index contributed by atoms with van der Waals surface area (Å²) in [6.07, 6.45) is 4.32. The van der Waals surface area contributed by atoms with Crippen molar-refractivity contribution in [2.24, 2.45) is 0 Å². The standard InChI is InChI=1S/C12H28O2SSi/c1-4-8-13-12(6-3,14-9-5-2)16-11-7-10-15/h15H,4-11,16H2,1-3H3. The molecule has 0 aromatic rings. The van der Waals surface area contributed by atoms with Crippen molar-refractivity contribution in [1.82, 2.24) is 0 Å². The maximum absolute atomic E-state index is 5.99. The third-order valence-corrected chi connectivity index (χ3v) is 5.48. The molecule has 0 saturated heterocycles. The maximum atomic E-state index is 5.99. The number of hydrogen-bond donors (Lipinski definition) is 1. The summed E-state index contributed by atoms with van der Waals surface area (Å²) in [6, 6.07) is 1.27. The first-order valence-electron chi connectivity index (χ1n) is 6.63. The fraction of sp³-hybridized carbons (Fsp3) is 1.00. The minimum absolute atomic E-state index is 0.199. The van der Waals surface area contributed by atoms with Crippen LogP contribution in [0.5, 0.6) is 0 Å². The summed E-state index contributed by atoms with van der Waals surface area (Å²) in [5, 5.41) is 0. The molecule has 0 unspecified atom stereocenters. The Kier molecular flexibility index (Phi) is 11.0. The highest BCUT2D eigenvalue weighted by Crippen LogP contribution is 2.19. The number of thiol groups is 1. The molecule has 0 bridgehead atoms. The van der Waals surface area contributed by atoms with Crippen molar-refractivity contribution in [2.45, 2.75) is 57.9 Å². The summed E-state index contributed by atoms with van der Waals surface area (Å²) < 4.78 is 12.0. The molecule has 0 N–H and O–H groups in total. The molecule has 0 fully saturated rings. The van der Waals surface area contributed by atoms with Gasteiger partial charge in [-0.15, -0.1) is 0 Å². The lowest BCUT2D eigenvalue weighted by Gasteiger charge is -2.33. The van der Waals surface area contributed by atoms with E-state index in [4.69, 9.17) is 9.47 Å². The summed E-state index contributed by atoms with van der Waals surface area (Å²) in [6.45, 7) is 8.13. The molecule has 98 valence electrons. The molecule has 16 heavy (non-hydrogen) atoms. The topological polar surface area (TPSA) is 18.5 Å². The lowest BCUT2D eigenvalue weighted by Crippen LogP contribution is -2.42. The Hall–Kier alpha value is 0.487. The zero-order chi connectivity index (χ0) is 12.3. The second-order valence-electron chi connectivity index (χ2n) is 4.14. The van der Waals surface area contributed by atoms with Crippen molar-refractivity contribution in [2.75, 3.05) is 19.0 Å². The summed E-state index contributed by atoms with van der Waals surface area (Å²) in [4.78, 5) is 0. The molecule has 0 aromatic heterocycles. The Balaban J connectivity index is 4.16. The van der Waals surface area contributed by atoms with E-state index >= 15 is 0 Å². The van der Waals surface area contributed by atoms with Gasteiger partial charge in [0, 0.05) is 13.2 Å². The third-order valence-electron chi connectivity index (χ3n) is 2.64. The van der Waals surface area contributed by atoms with E-state index in [1.54, 1.807) is 0 Å². The molecular weight excluding hydrogens is 236 g/mol. The summed E-state index contributed by atoms with van der Waals surface area (Å²) in [5.74, 6) is 0.981. The first-order chi connectivity index (χ1) is 7.74. The Morgan fingerprint density at radius 2 is 1.62 bits per heavy atom. The molecule has 0 aliphatic rings. The van der Waals surface area contributed by atoms with Gasteiger partial charge in [0.15, 0.2) is 0 Å². The molecule has 0 aliphatic heterocycles. The predicted octanol–water partition coefficient (Wildman–Crippen LogP) is 2.81. The summed E-state index contributed by atoms with van der Waals surface area (Å²) in [7, 11) is -0.327. The average Bonchev–Trinajstić information content (AvgIpc) is 2.32. The van der Waals surface area contributed by atoms with E-state index in [1.165, 1.54) is 12.5 Å². The Labute approximate surface area is 109 Å². The summed E-state index contributed by atoms with van der Waals surface area (Å²) in [5.41, 5.74) is -0.199. The molecule has 0 heterocycles. The van der Waals surface area contributed by atoms with Crippen molar-refractivity contribution in [3.8, 4) is 0 Å². The Bertz CT molecular complexity index is 148. The van der Waals surface area contributed by atoms with Gasteiger partial charge in [0.2, 0.25) is 0 Å². The highest BCUT2D eigenvalue weighted by atomic mass is 32.1. The van der Waals surface area contributed by atoms with Gasteiger partial charge in [-0.2, -0.15) is 12.6 Å². The molecule has 2 nitrogen and oxygen atoms in total. The van der Waals surface area contributed by atoms with Crippen LogP contribution in [-0.2, 0) is 9.47 Å². The van der Waals surface area contributed by atoms with Crippen LogP contribution in [0.4, 0.5) is 0 Å². The fourth-order valence-corrected chi connectivity index (χ4v) is 4.26. The smallest absolute Gasteiger partial charge is 0.144 e. The van der Waals surface area contributed by atoms with Gasteiger partial charge >= 0.3 is 0 Å². The van der Waals surface area contributed by atoms with Gasteiger partial charge in [-0.25, -0.2) is 0 Å². The van der Waals surface area contributed by atoms with Crippen molar-refractivity contribution >= 4 is 22.1 Å². The molecule has 4 heteroatoms. The molecule has 0 aliphatic carbocycles. The monoisotopic (exact) mass is 264 g/mol. The lowest BCUT2D eigenvalue weighted by atomic mass is 10.4.